The number of hydrogen-bond acceptors (Lipinski definition) is 4. The summed E-state index contributed by atoms with van der Waals surface area (Å²) in [5.41, 5.74) is 2.49. The van der Waals surface area contributed by atoms with Gasteiger partial charge in [0.05, 0.1) is 23.3 Å². The number of likely N-dealkylation sites (tertiary alicyclic amines) is 1. The summed E-state index contributed by atoms with van der Waals surface area (Å²) in [6.45, 7) is 3.31. The number of hydrogen-bond donors (Lipinski definition) is 0. The first-order chi connectivity index (χ1) is 15.1. The molecule has 2 aromatic carbocycles. The number of carbonyl (C=O) groups excluding carboxylic acids is 1. The van der Waals surface area contributed by atoms with Crippen molar-refractivity contribution in [1.29, 1.82) is 0 Å². The standard InChI is InChI=1S/C23H24FN5OS/c1-16-8-6-7-13-27(16)21(30)15-31-23-26-25-22-28(14-17-9-2-3-10-18(17)24)19-11-4-5-12-20(19)29(22)23/h2-5,9-12,16H,6-8,13-15H2,1H3. The number of amides is 1. The highest BCUT2D eigenvalue weighted by molar-refractivity contribution is 7.99. The summed E-state index contributed by atoms with van der Waals surface area (Å²) in [4.78, 5) is 14.8. The maximum absolute atomic E-state index is 14.3. The molecule has 0 saturated carbocycles. The zero-order chi connectivity index (χ0) is 21.4. The van der Waals surface area contributed by atoms with Gasteiger partial charge in [0, 0.05) is 18.2 Å². The molecule has 8 heteroatoms. The zero-order valence-electron chi connectivity index (χ0n) is 17.4. The molecule has 1 amide bonds. The van der Waals surface area contributed by atoms with Gasteiger partial charge in [0.25, 0.3) is 0 Å². The Hall–Kier alpha value is -2.87. The average molecular weight is 438 g/mol. The van der Waals surface area contributed by atoms with E-state index < -0.39 is 0 Å². The summed E-state index contributed by atoms with van der Waals surface area (Å²) in [5, 5.41) is 9.43. The van der Waals surface area contributed by atoms with Crippen LogP contribution >= 0.6 is 11.8 Å². The number of rotatable bonds is 5. The predicted molar refractivity (Wildman–Crippen MR) is 120 cm³/mol. The van der Waals surface area contributed by atoms with Crippen LogP contribution in [-0.4, -0.2) is 48.3 Å². The van der Waals surface area contributed by atoms with Gasteiger partial charge < -0.3 is 9.47 Å². The van der Waals surface area contributed by atoms with Crippen LogP contribution in [-0.2, 0) is 11.3 Å². The molecule has 0 aliphatic carbocycles. The van der Waals surface area contributed by atoms with Crippen molar-refractivity contribution in [2.24, 2.45) is 0 Å². The van der Waals surface area contributed by atoms with Crippen molar-refractivity contribution in [3.63, 3.8) is 0 Å². The SMILES string of the molecule is CC1CCCCN1C(=O)CSc1nnc2n(Cc3ccccc3F)c3ccccc3n12. The van der Waals surface area contributed by atoms with Gasteiger partial charge in [-0.15, -0.1) is 10.2 Å². The van der Waals surface area contributed by atoms with E-state index in [1.165, 1.54) is 24.2 Å². The topological polar surface area (TPSA) is 55.4 Å². The molecule has 2 aromatic heterocycles. The fraction of sp³-hybridized carbons (Fsp3) is 0.348. The lowest BCUT2D eigenvalue weighted by molar-refractivity contribution is -0.131. The van der Waals surface area contributed by atoms with Gasteiger partial charge >= 0.3 is 0 Å². The molecule has 160 valence electrons. The van der Waals surface area contributed by atoms with Gasteiger partial charge in [-0.3, -0.25) is 9.20 Å². The summed E-state index contributed by atoms with van der Waals surface area (Å²) in [5.74, 6) is 0.876. The van der Waals surface area contributed by atoms with E-state index in [9.17, 15) is 9.18 Å². The number of benzene rings is 2. The molecule has 6 nitrogen and oxygen atoms in total. The van der Waals surface area contributed by atoms with Crippen LogP contribution in [0.4, 0.5) is 4.39 Å². The summed E-state index contributed by atoms with van der Waals surface area (Å²) < 4.78 is 18.2. The summed E-state index contributed by atoms with van der Waals surface area (Å²) in [6, 6.07) is 15.0. The third-order valence-corrected chi connectivity index (χ3v) is 6.92. The number of halogens is 1. The molecule has 3 heterocycles. The van der Waals surface area contributed by atoms with Crippen LogP contribution in [0.5, 0.6) is 0 Å². The highest BCUT2D eigenvalue weighted by atomic mass is 32.2. The largest absolute Gasteiger partial charge is 0.339 e. The van der Waals surface area contributed by atoms with E-state index in [2.05, 4.69) is 17.1 Å². The molecule has 1 unspecified atom stereocenters. The molecule has 1 atom stereocenters. The molecule has 1 aliphatic heterocycles. The van der Waals surface area contributed by atoms with Crippen molar-refractivity contribution in [1.82, 2.24) is 24.1 Å². The molecule has 4 aromatic rings. The van der Waals surface area contributed by atoms with E-state index in [0.29, 0.717) is 34.8 Å². The average Bonchev–Trinajstić information content (AvgIpc) is 3.33. The summed E-state index contributed by atoms with van der Waals surface area (Å²) >= 11 is 1.41. The molecule has 0 radical (unpaired) electrons. The second-order valence-electron chi connectivity index (χ2n) is 8.00. The number of carbonyl (C=O) groups is 1. The third-order valence-electron chi connectivity index (χ3n) is 6.01. The number of fused-ring (bicyclic) bond motifs is 3. The minimum absolute atomic E-state index is 0.143. The smallest absolute Gasteiger partial charge is 0.237 e. The van der Waals surface area contributed by atoms with E-state index in [0.717, 1.165) is 30.4 Å². The maximum Gasteiger partial charge on any atom is 0.237 e. The molecule has 1 fully saturated rings. The molecular formula is C23H24FN5OS. The van der Waals surface area contributed by atoms with Gasteiger partial charge in [-0.1, -0.05) is 42.1 Å². The Kier molecular flexibility index (Phi) is 5.40. The van der Waals surface area contributed by atoms with Crippen molar-refractivity contribution in [2.75, 3.05) is 12.3 Å². The van der Waals surface area contributed by atoms with Crippen LogP contribution in [0.1, 0.15) is 31.7 Å². The number of imidazole rings is 1. The molecule has 0 bridgehead atoms. The maximum atomic E-state index is 14.3. The van der Waals surface area contributed by atoms with E-state index in [1.807, 2.05) is 44.2 Å². The van der Waals surface area contributed by atoms with Gasteiger partial charge in [-0.2, -0.15) is 0 Å². The Bertz CT molecular complexity index is 1250. The van der Waals surface area contributed by atoms with Crippen molar-refractivity contribution in [3.8, 4) is 0 Å². The van der Waals surface area contributed by atoms with Crippen LogP contribution in [0.15, 0.2) is 53.7 Å². The van der Waals surface area contributed by atoms with Crippen molar-refractivity contribution in [2.45, 2.75) is 43.9 Å². The third kappa shape index (κ3) is 3.69. The highest BCUT2D eigenvalue weighted by Crippen LogP contribution is 2.28. The van der Waals surface area contributed by atoms with Gasteiger partial charge in [0.2, 0.25) is 11.7 Å². The number of aromatic nitrogens is 4. The van der Waals surface area contributed by atoms with Crippen molar-refractivity contribution < 1.29 is 9.18 Å². The Balaban J connectivity index is 1.47. The van der Waals surface area contributed by atoms with Crippen molar-refractivity contribution in [3.05, 3.63) is 59.9 Å². The van der Waals surface area contributed by atoms with Crippen LogP contribution in [0, 0.1) is 5.82 Å². The van der Waals surface area contributed by atoms with Crippen LogP contribution in [0.3, 0.4) is 0 Å². The van der Waals surface area contributed by atoms with Crippen molar-refractivity contribution >= 4 is 34.5 Å². The number of para-hydroxylation sites is 2. The van der Waals surface area contributed by atoms with Crippen LogP contribution < -0.4 is 0 Å². The van der Waals surface area contributed by atoms with E-state index >= 15 is 0 Å². The first-order valence-corrected chi connectivity index (χ1v) is 11.6. The Morgan fingerprint density at radius 2 is 1.87 bits per heavy atom. The number of nitrogens with zero attached hydrogens (tertiary/aromatic N) is 5. The van der Waals surface area contributed by atoms with Gasteiger partial charge in [0.1, 0.15) is 5.82 Å². The quantitative estimate of drug-likeness (QED) is 0.435. The summed E-state index contributed by atoms with van der Waals surface area (Å²) in [6.07, 6.45) is 3.32. The Morgan fingerprint density at radius 3 is 2.68 bits per heavy atom. The molecule has 0 N–H and O–H groups in total. The fourth-order valence-corrected chi connectivity index (χ4v) is 5.19. The molecule has 31 heavy (non-hydrogen) atoms. The first kappa shape index (κ1) is 20.1. The second kappa shape index (κ2) is 8.34. The zero-order valence-corrected chi connectivity index (χ0v) is 18.2. The molecule has 0 spiro atoms. The van der Waals surface area contributed by atoms with Gasteiger partial charge in [-0.05, 0) is 44.4 Å². The lowest BCUT2D eigenvalue weighted by Crippen LogP contribution is -2.42. The van der Waals surface area contributed by atoms with Gasteiger partial charge in [-0.25, -0.2) is 4.39 Å². The van der Waals surface area contributed by atoms with Crippen LogP contribution in [0.25, 0.3) is 16.8 Å². The Labute approximate surface area is 184 Å². The number of piperidine rings is 1. The minimum atomic E-state index is -0.242. The lowest BCUT2D eigenvalue weighted by Gasteiger charge is -2.33. The first-order valence-electron chi connectivity index (χ1n) is 10.6. The van der Waals surface area contributed by atoms with E-state index in [-0.39, 0.29) is 11.7 Å². The van der Waals surface area contributed by atoms with E-state index in [1.54, 1.807) is 12.1 Å². The van der Waals surface area contributed by atoms with E-state index in [4.69, 9.17) is 0 Å². The van der Waals surface area contributed by atoms with Crippen LogP contribution in [0.2, 0.25) is 0 Å². The monoisotopic (exact) mass is 437 g/mol. The Morgan fingerprint density at radius 1 is 1.10 bits per heavy atom. The highest BCUT2D eigenvalue weighted by Gasteiger charge is 2.24. The molecule has 1 aliphatic rings. The van der Waals surface area contributed by atoms with Gasteiger partial charge in [0.15, 0.2) is 5.16 Å². The lowest BCUT2D eigenvalue weighted by atomic mass is 10.0. The predicted octanol–water partition coefficient (Wildman–Crippen LogP) is 4.36. The molecule has 5 rings (SSSR count). The normalized spacial score (nSPS) is 17.0. The minimum Gasteiger partial charge on any atom is -0.339 e. The molecule has 1 saturated heterocycles. The molecular weight excluding hydrogens is 413 g/mol. The summed E-state index contributed by atoms with van der Waals surface area (Å²) in [7, 11) is 0. The fourth-order valence-electron chi connectivity index (χ4n) is 4.36. The second-order valence-corrected chi connectivity index (χ2v) is 8.95. The number of thioether (sulfide) groups is 1.